The monoisotopic (exact) mass is 347 g/mol. The third-order valence-corrected chi connectivity index (χ3v) is 4.12. The fourth-order valence-corrected chi connectivity index (χ4v) is 2.79. The van der Waals surface area contributed by atoms with E-state index in [0.717, 1.165) is 34.1 Å². The largest absolute Gasteiger partial charge is 0.486 e. The quantitative estimate of drug-likeness (QED) is 0.853. The molecule has 1 aliphatic carbocycles. The van der Waals surface area contributed by atoms with Crippen molar-refractivity contribution >= 4 is 21.7 Å². The molecule has 0 radical (unpaired) electrons. The predicted molar refractivity (Wildman–Crippen MR) is 86.6 cm³/mol. The molecule has 21 heavy (non-hydrogen) atoms. The van der Waals surface area contributed by atoms with E-state index in [2.05, 4.69) is 38.1 Å². The molecule has 0 bridgehead atoms. The van der Waals surface area contributed by atoms with E-state index < -0.39 is 0 Å². The number of halogens is 1. The number of ether oxygens (including phenoxy) is 1. The summed E-state index contributed by atoms with van der Waals surface area (Å²) >= 11 is 3.62. The molecule has 0 spiro atoms. The zero-order valence-corrected chi connectivity index (χ0v) is 13.6. The van der Waals surface area contributed by atoms with Crippen LogP contribution in [0.4, 0.5) is 5.82 Å². The number of hydrogen-bond acceptors (Lipinski definition) is 4. The van der Waals surface area contributed by atoms with Crippen LogP contribution in [0.2, 0.25) is 0 Å². The van der Waals surface area contributed by atoms with Crippen molar-refractivity contribution in [2.45, 2.75) is 32.3 Å². The van der Waals surface area contributed by atoms with Gasteiger partial charge >= 0.3 is 0 Å². The van der Waals surface area contributed by atoms with Gasteiger partial charge in [-0.1, -0.05) is 18.2 Å². The van der Waals surface area contributed by atoms with Crippen molar-refractivity contribution in [1.82, 2.24) is 9.97 Å². The van der Waals surface area contributed by atoms with E-state index in [-0.39, 0.29) is 0 Å². The lowest BCUT2D eigenvalue weighted by molar-refractivity contribution is 0.295. The highest BCUT2D eigenvalue weighted by Gasteiger charge is 2.29. The van der Waals surface area contributed by atoms with Gasteiger partial charge in [0, 0.05) is 12.5 Å². The molecule has 0 aliphatic heterocycles. The maximum Gasteiger partial charge on any atom is 0.168 e. The number of anilines is 1. The molecule has 1 aromatic carbocycles. The summed E-state index contributed by atoms with van der Waals surface area (Å²) in [5.74, 6) is 2.98. The van der Waals surface area contributed by atoms with E-state index in [1.54, 1.807) is 0 Å². The Balaban J connectivity index is 1.80. The maximum atomic E-state index is 5.75. The SMILES string of the molecule is CCNc1nc(COc2ccccc2)nc(C2CC2)c1Br. The lowest BCUT2D eigenvalue weighted by atomic mass is 10.2. The van der Waals surface area contributed by atoms with E-state index in [1.165, 1.54) is 12.8 Å². The van der Waals surface area contributed by atoms with Gasteiger partial charge in [-0.3, -0.25) is 0 Å². The Kier molecular flexibility index (Phi) is 4.39. The minimum atomic E-state index is 0.384. The van der Waals surface area contributed by atoms with E-state index in [1.807, 2.05) is 30.3 Å². The van der Waals surface area contributed by atoms with Gasteiger partial charge in [-0.05, 0) is 47.8 Å². The van der Waals surface area contributed by atoms with Crippen molar-refractivity contribution in [3.63, 3.8) is 0 Å². The molecular formula is C16H18BrN3O. The van der Waals surface area contributed by atoms with Crippen LogP contribution in [0.1, 0.15) is 37.2 Å². The van der Waals surface area contributed by atoms with Crippen molar-refractivity contribution in [3.05, 3.63) is 46.3 Å². The van der Waals surface area contributed by atoms with Gasteiger partial charge in [0.15, 0.2) is 5.82 Å². The van der Waals surface area contributed by atoms with Gasteiger partial charge in [-0.15, -0.1) is 0 Å². The fraction of sp³-hybridized carbons (Fsp3) is 0.375. The number of hydrogen-bond donors (Lipinski definition) is 1. The summed E-state index contributed by atoms with van der Waals surface area (Å²) in [6.45, 7) is 3.28. The summed E-state index contributed by atoms with van der Waals surface area (Å²) in [6.07, 6.45) is 2.42. The molecule has 0 unspecified atom stereocenters. The Morgan fingerprint density at radius 3 is 2.67 bits per heavy atom. The van der Waals surface area contributed by atoms with Gasteiger partial charge in [0.05, 0.1) is 10.2 Å². The minimum absolute atomic E-state index is 0.384. The molecule has 110 valence electrons. The van der Waals surface area contributed by atoms with Crippen LogP contribution in [-0.2, 0) is 6.61 Å². The first-order valence-corrected chi connectivity index (χ1v) is 8.05. The Labute approximate surface area is 133 Å². The van der Waals surface area contributed by atoms with Gasteiger partial charge < -0.3 is 10.1 Å². The molecule has 1 saturated carbocycles. The van der Waals surface area contributed by atoms with Gasteiger partial charge in [0.1, 0.15) is 18.2 Å². The highest BCUT2D eigenvalue weighted by Crippen LogP contribution is 2.43. The Bertz CT molecular complexity index is 614. The van der Waals surface area contributed by atoms with Crippen molar-refractivity contribution in [1.29, 1.82) is 0 Å². The standard InChI is InChI=1S/C16H18BrN3O/c1-2-18-16-14(17)15(11-8-9-11)19-13(20-16)10-21-12-6-4-3-5-7-12/h3-7,11H,2,8-10H2,1H3,(H,18,19,20). The molecule has 3 rings (SSSR count). The normalized spacial score (nSPS) is 14.0. The molecule has 0 amide bonds. The first kappa shape index (κ1) is 14.3. The molecule has 2 aromatic rings. The van der Waals surface area contributed by atoms with E-state index in [0.29, 0.717) is 12.5 Å². The summed E-state index contributed by atoms with van der Waals surface area (Å²) < 4.78 is 6.75. The number of benzene rings is 1. The molecule has 5 heteroatoms. The van der Waals surface area contributed by atoms with Crippen LogP contribution in [0.5, 0.6) is 5.75 Å². The molecule has 1 heterocycles. The number of rotatable bonds is 6. The van der Waals surface area contributed by atoms with Crippen molar-refractivity contribution in [3.8, 4) is 5.75 Å². The van der Waals surface area contributed by atoms with Crippen LogP contribution < -0.4 is 10.1 Å². The average Bonchev–Trinajstić information content (AvgIpc) is 3.34. The van der Waals surface area contributed by atoms with Gasteiger partial charge in [0.25, 0.3) is 0 Å². The second kappa shape index (κ2) is 6.43. The molecule has 1 N–H and O–H groups in total. The van der Waals surface area contributed by atoms with Gasteiger partial charge in [-0.2, -0.15) is 0 Å². The lowest BCUT2D eigenvalue weighted by Crippen LogP contribution is -2.09. The zero-order chi connectivity index (χ0) is 14.7. The number of aromatic nitrogens is 2. The topological polar surface area (TPSA) is 47.0 Å². The molecule has 1 aliphatic rings. The zero-order valence-electron chi connectivity index (χ0n) is 12.0. The van der Waals surface area contributed by atoms with E-state index in [9.17, 15) is 0 Å². The molecule has 1 aromatic heterocycles. The molecule has 0 saturated heterocycles. The molecule has 0 atom stereocenters. The maximum absolute atomic E-state index is 5.75. The molecule has 4 nitrogen and oxygen atoms in total. The second-order valence-electron chi connectivity index (χ2n) is 5.09. The summed E-state index contributed by atoms with van der Waals surface area (Å²) in [7, 11) is 0. The van der Waals surface area contributed by atoms with Crippen molar-refractivity contribution in [2.24, 2.45) is 0 Å². The fourth-order valence-electron chi connectivity index (χ4n) is 2.15. The number of para-hydroxylation sites is 1. The van der Waals surface area contributed by atoms with Crippen LogP contribution in [0.3, 0.4) is 0 Å². The van der Waals surface area contributed by atoms with Crippen molar-refractivity contribution in [2.75, 3.05) is 11.9 Å². The van der Waals surface area contributed by atoms with Crippen LogP contribution in [0.25, 0.3) is 0 Å². The minimum Gasteiger partial charge on any atom is -0.486 e. The lowest BCUT2D eigenvalue weighted by Gasteiger charge is -2.12. The van der Waals surface area contributed by atoms with Gasteiger partial charge in [0.2, 0.25) is 0 Å². The third kappa shape index (κ3) is 3.53. The van der Waals surface area contributed by atoms with Crippen LogP contribution in [0.15, 0.2) is 34.8 Å². The van der Waals surface area contributed by atoms with E-state index in [4.69, 9.17) is 4.74 Å². The van der Waals surface area contributed by atoms with Crippen molar-refractivity contribution < 1.29 is 4.74 Å². The smallest absolute Gasteiger partial charge is 0.168 e. The molecular weight excluding hydrogens is 330 g/mol. The average molecular weight is 348 g/mol. The summed E-state index contributed by atoms with van der Waals surface area (Å²) in [4.78, 5) is 9.22. The number of nitrogens with one attached hydrogen (secondary N) is 1. The molecule has 1 fully saturated rings. The first-order valence-electron chi connectivity index (χ1n) is 7.26. The summed E-state index contributed by atoms with van der Waals surface area (Å²) in [5.41, 5.74) is 1.10. The number of nitrogens with zero attached hydrogens (tertiary/aromatic N) is 2. The van der Waals surface area contributed by atoms with Gasteiger partial charge in [-0.25, -0.2) is 9.97 Å². The predicted octanol–water partition coefficient (Wildman–Crippen LogP) is 4.13. The first-order chi connectivity index (χ1) is 10.3. The summed E-state index contributed by atoms with van der Waals surface area (Å²) in [6, 6.07) is 9.75. The Morgan fingerprint density at radius 2 is 2.00 bits per heavy atom. The third-order valence-electron chi connectivity index (χ3n) is 3.34. The van der Waals surface area contributed by atoms with Crippen LogP contribution in [0, 0.1) is 0 Å². The summed E-state index contributed by atoms with van der Waals surface area (Å²) in [5, 5.41) is 3.28. The van der Waals surface area contributed by atoms with E-state index >= 15 is 0 Å². The Morgan fingerprint density at radius 1 is 1.24 bits per heavy atom. The van der Waals surface area contributed by atoms with Crippen LogP contribution in [-0.4, -0.2) is 16.5 Å². The highest BCUT2D eigenvalue weighted by atomic mass is 79.9. The highest BCUT2D eigenvalue weighted by molar-refractivity contribution is 9.10. The second-order valence-corrected chi connectivity index (χ2v) is 5.89. The Hall–Kier alpha value is -1.62. The van der Waals surface area contributed by atoms with Crippen LogP contribution >= 0.6 is 15.9 Å².